The molecule has 1 aromatic heterocycles. The molecule has 0 unspecified atom stereocenters. The maximum atomic E-state index is 6.17. The molecule has 0 bridgehead atoms. The lowest BCUT2D eigenvalue weighted by Crippen LogP contribution is -2.68. The van der Waals surface area contributed by atoms with E-state index in [0.717, 1.165) is 25.2 Å². The maximum Gasteiger partial charge on any atom is 0.0937 e. The second kappa shape index (κ2) is 6.88. The normalized spacial score (nSPS) is 27.6. The molecule has 0 amide bonds. The van der Waals surface area contributed by atoms with Crippen LogP contribution >= 0.6 is 0 Å². The van der Waals surface area contributed by atoms with E-state index in [2.05, 4.69) is 9.88 Å². The van der Waals surface area contributed by atoms with Gasteiger partial charge in [-0.05, 0) is 55.7 Å². The third-order valence-electron chi connectivity index (χ3n) is 5.86. The Morgan fingerprint density at radius 1 is 1.22 bits per heavy atom. The standard InChI is InChI=1S/C19H28N2O2/c1-2-18(3-1)21-14-19(15-21)12-16(7-11-23-19)6-10-22-13-17-4-8-20-9-5-17/h4-5,8-9,16,18H,1-3,6-7,10-15H2/t16-/m1/s1. The van der Waals surface area contributed by atoms with Crippen molar-refractivity contribution in [2.24, 2.45) is 5.92 Å². The number of aromatic nitrogens is 1. The highest BCUT2D eigenvalue weighted by molar-refractivity contribution is 5.08. The van der Waals surface area contributed by atoms with Crippen LogP contribution in [0.15, 0.2) is 24.5 Å². The Bertz CT molecular complexity index is 497. The van der Waals surface area contributed by atoms with Crippen molar-refractivity contribution in [3.05, 3.63) is 30.1 Å². The van der Waals surface area contributed by atoms with Gasteiger partial charge in [0.2, 0.25) is 0 Å². The van der Waals surface area contributed by atoms with E-state index < -0.39 is 0 Å². The Kier molecular flexibility index (Phi) is 4.65. The van der Waals surface area contributed by atoms with Gasteiger partial charge in [0.1, 0.15) is 0 Å². The summed E-state index contributed by atoms with van der Waals surface area (Å²) in [6.07, 6.45) is 11.5. The van der Waals surface area contributed by atoms with Gasteiger partial charge >= 0.3 is 0 Å². The zero-order chi connectivity index (χ0) is 15.5. The molecule has 23 heavy (non-hydrogen) atoms. The van der Waals surface area contributed by atoms with Crippen molar-refractivity contribution in [3.63, 3.8) is 0 Å². The summed E-state index contributed by atoms with van der Waals surface area (Å²) in [5.41, 5.74) is 1.39. The summed E-state index contributed by atoms with van der Waals surface area (Å²) >= 11 is 0. The van der Waals surface area contributed by atoms with Crippen LogP contribution in [0.1, 0.15) is 44.1 Å². The Morgan fingerprint density at radius 2 is 2.04 bits per heavy atom. The fraction of sp³-hybridized carbons (Fsp3) is 0.737. The fourth-order valence-electron chi connectivity index (χ4n) is 4.22. The van der Waals surface area contributed by atoms with E-state index in [4.69, 9.17) is 9.47 Å². The maximum absolute atomic E-state index is 6.17. The third-order valence-corrected chi connectivity index (χ3v) is 5.86. The molecule has 0 radical (unpaired) electrons. The highest BCUT2D eigenvalue weighted by Gasteiger charge is 2.49. The molecule has 2 saturated heterocycles. The van der Waals surface area contributed by atoms with E-state index >= 15 is 0 Å². The Hall–Kier alpha value is -0.970. The average Bonchev–Trinajstić information content (AvgIpc) is 2.50. The van der Waals surface area contributed by atoms with Crippen molar-refractivity contribution >= 4 is 0 Å². The van der Waals surface area contributed by atoms with E-state index in [0.29, 0.717) is 6.61 Å². The minimum absolute atomic E-state index is 0.184. The summed E-state index contributed by atoms with van der Waals surface area (Å²) in [7, 11) is 0. The highest BCUT2D eigenvalue weighted by Crippen LogP contribution is 2.41. The fourth-order valence-corrected chi connectivity index (χ4v) is 4.22. The van der Waals surface area contributed by atoms with E-state index in [1.165, 1.54) is 57.2 Å². The molecule has 4 nitrogen and oxygen atoms in total. The molecule has 3 fully saturated rings. The molecule has 4 heteroatoms. The molecule has 1 aromatic rings. The van der Waals surface area contributed by atoms with Gasteiger partial charge in [0.15, 0.2) is 0 Å². The molecule has 2 aliphatic heterocycles. The second-order valence-corrected chi connectivity index (χ2v) is 7.58. The molecular weight excluding hydrogens is 288 g/mol. The van der Waals surface area contributed by atoms with Crippen molar-refractivity contribution in [3.8, 4) is 0 Å². The van der Waals surface area contributed by atoms with Gasteiger partial charge in [0.05, 0.1) is 12.2 Å². The van der Waals surface area contributed by atoms with Crippen molar-refractivity contribution in [1.29, 1.82) is 0 Å². The van der Waals surface area contributed by atoms with E-state index in [-0.39, 0.29) is 5.60 Å². The van der Waals surface area contributed by atoms with Crippen LogP contribution in [0.4, 0.5) is 0 Å². The van der Waals surface area contributed by atoms with E-state index in [9.17, 15) is 0 Å². The van der Waals surface area contributed by atoms with Gasteiger partial charge in [0, 0.05) is 44.7 Å². The molecule has 1 aliphatic carbocycles. The molecule has 0 aromatic carbocycles. The van der Waals surface area contributed by atoms with Gasteiger partial charge in [-0.15, -0.1) is 0 Å². The van der Waals surface area contributed by atoms with Crippen molar-refractivity contribution in [1.82, 2.24) is 9.88 Å². The van der Waals surface area contributed by atoms with Crippen LogP contribution in [-0.4, -0.2) is 47.8 Å². The van der Waals surface area contributed by atoms with Crippen LogP contribution in [-0.2, 0) is 16.1 Å². The second-order valence-electron chi connectivity index (χ2n) is 7.58. The summed E-state index contributed by atoms with van der Waals surface area (Å²) in [6.45, 7) is 4.84. The highest BCUT2D eigenvalue weighted by atomic mass is 16.5. The molecule has 126 valence electrons. The quantitative estimate of drug-likeness (QED) is 0.756. The number of nitrogens with zero attached hydrogens (tertiary/aromatic N) is 2. The molecular formula is C19H28N2O2. The first-order valence-electron chi connectivity index (χ1n) is 9.18. The van der Waals surface area contributed by atoms with Crippen molar-refractivity contribution in [2.45, 2.75) is 56.8 Å². The van der Waals surface area contributed by atoms with Gasteiger partial charge in [-0.3, -0.25) is 9.88 Å². The van der Waals surface area contributed by atoms with E-state index in [1.54, 1.807) is 0 Å². The first-order valence-corrected chi connectivity index (χ1v) is 9.18. The third kappa shape index (κ3) is 3.59. The lowest BCUT2D eigenvalue weighted by Gasteiger charge is -2.57. The largest absolute Gasteiger partial charge is 0.377 e. The molecule has 1 spiro atoms. The van der Waals surface area contributed by atoms with Crippen LogP contribution in [0.25, 0.3) is 0 Å². The molecule has 1 atom stereocenters. The number of hydrogen-bond donors (Lipinski definition) is 0. The van der Waals surface area contributed by atoms with Crippen LogP contribution in [0, 0.1) is 5.92 Å². The predicted octanol–water partition coefficient (Wildman–Crippen LogP) is 3.02. The molecule has 1 saturated carbocycles. The van der Waals surface area contributed by atoms with Crippen molar-refractivity contribution < 1.29 is 9.47 Å². The number of likely N-dealkylation sites (tertiary alicyclic amines) is 1. The van der Waals surface area contributed by atoms with Gasteiger partial charge in [0.25, 0.3) is 0 Å². The van der Waals surface area contributed by atoms with Crippen LogP contribution < -0.4 is 0 Å². The number of pyridine rings is 1. The first-order chi connectivity index (χ1) is 11.3. The van der Waals surface area contributed by atoms with Crippen LogP contribution in [0.3, 0.4) is 0 Å². The Balaban J connectivity index is 1.17. The van der Waals surface area contributed by atoms with Gasteiger partial charge in [-0.1, -0.05) is 6.42 Å². The van der Waals surface area contributed by atoms with Gasteiger partial charge in [-0.25, -0.2) is 0 Å². The van der Waals surface area contributed by atoms with Crippen LogP contribution in [0.5, 0.6) is 0 Å². The zero-order valence-electron chi connectivity index (χ0n) is 14.0. The lowest BCUT2D eigenvalue weighted by molar-refractivity contribution is -0.195. The summed E-state index contributed by atoms with van der Waals surface area (Å²) in [4.78, 5) is 6.68. The minimum atomic E-state index is 0.184. The Labute approximate surface area is 139 Å². The predicted molar refractivity (Wildman–Crippen MR) is 89.1 cm³/mol. The minimum Gasteiger partial charge on any atom is -0.377 e. The smallest absolute Gasteiger partial charge is 0.0937 e. The Morgan fingerprint density at radius 3 is 2.78 bits per heavy atom. The zero-order valence-corrected chi connectivity index (χ0v) is 14.0. The lowest BCUT2D eigenvalue weighted by atomic mass is 9.76. The van der Waals surface area contributed by atoms with Crippen molar-refractivity contribution in [2.75, 3.05) is 26.3 Å². The number of rotatable bonds is 6. The van der Waals surface area contributed by atoms with E-state index in [1.807, 2.05) is 24.5 Å². The first kappa shape index (κ1) is 15.6. The van der Waals surface area contributed by atoms with Crippen LogP contribution in [0.2, 0.25) is 0 Å². The summed E-state index contributed by atoms with van der Waals surface area (Å²) in [5, 5.41) is 0. The topological polar surface area (TPSA) is 34.6 Å². The average molecular weight is 316 g/mol. The van der Waals surface area contributed by atoms with Gasteiger partial charge in [-0.2, -0.15) is 0 Å². The van der Waals surface area contributed by atoms with Gasteiger partial charge < -0.3 is 9.47 Å². The molecule has 3 aliphatic rings. The monoisotopic (exact) mass is 316 g/mol. The molecule has 3 heterocycles. The SMILES string of the molecule is c1cc(COCC[C@@H]2CCOC3(C2)CN(C2CCC2)C3)ccn1. The summed E-state index contributed by atoms with van der Waals surface area (Å²) < 4.78 is 12.0. The number of ether oxygens (including phenoxy) is 2. The summed E-state index contributed by atoms with van der Waals surface area (Å²) in [6, 6.07) is 4.91. The molecule has 4 rings (SSSR count). The molecule has 0 N–H and O–H groups in total. The summed E-state index contributed by atoms with van der Waals surface area (Å²) in [5.74, 6) is 0.768. The number of hydrogen-bond acceptors (Lipinski definition) is 4.